The Bertz CT molecular complexity index is 1250. The second-order valence-electron chi connectivity index (χ2n) is 11.5. The second kappa shape index (κ2) is 11.1. The summed E-state index contributed by atoms with van der Waals surface area (Å²) in [5.74, 6) is -3.10. The van der Waals surface area contributed by atoms with Gasteiger partial charge in [-0.1, -0.05) is 50.9 Å². The van der Waals surface area contributed by atoms with Crippen molar-refractivity contribution >= 4 is 40.9 Å². The number of halogens is 5. The van der Waals surface area contributed by atoms with Gasteiger partial charge >= 0.3 is 12.1 Å². The molecule has 3 atom stereocenters. The van der Waals surface area contributed by atoms with Crippen molar-refractivity contribution in [1.82, 2.24) is 19.7 Å². The number of carboxylic acids is 1. The number of Topliss-reactive ketones (excluding diaryl/α,β-unsaturated/α-hetero) is 1. The minimum Gasteiger partial charge on any atom is -0.481 e. The van der Waals surface area contributed by atoms with Gasteiger partial charge in [0.15, 0.2) is 11.5 Å². The minimum absolute atomic E-state index is 0.0424. The molecule has 0 unspecified atom stereocenters. The monoisotopic (exact) mass is 590 g/mol. The molecule has 0 aromatic carbocycles. The number of hydrogen-bond acceptors (Lipinski definition) is 5. The molecule has 8 nitrogen and oxygen atoms in total. The first-order valence-corrected chi connectivity index (χ1v) is 13.1. The summed E-state index contributed by atoms with van der Waals surface area (Å²) in [6.45, 7) is 8.00. The number of carbonyl (C=O) groups is 3. The lowest BCUT2D eigenvalue weighted by Gasteiger charge is -2.40. The van der Waals surface area contributed by atoms with Gasteiger partial charge in [-0.2, -0.15) is 18.3 Å². The highest BCUT2D eigenvalue weighted by Gasteiger charge is 2.47. The Morgan fingerprint density at radius 2 is 1.74 bits per heavy atom. The molecule has 1 fully saturated rings. The van der Waals surface area contributed by atoms with Crippen molar-refractivity contribution in [2.24, 2.45) is 16.7 Å². The third-order valence-corrected chi connectivity index (χ3v) is 7.83. The zero-order valence-electron chi connectivity index (χ0n) is 22.3. The molecule has 0 bridgehead atoms. The molecular formula is C26H31Cl2F3N4O4. The number of alkyl halides is 3. The van der Waals surface area contributed by atoms with Crippen LogP contribution in [0.2, 0.25) is 10.0 Å². The minimum atomic E-state index is -4.94. The van der Waals surface area contributed by atoms with Crippen molar-refractivity contribution in [3.63, 3.8) is 0 Å². The first-order chi connectivity index (χ1) is 17.9. The van der Waals surface area contributed by atoms with Crippen LogP contribution in [0.15, 0.2) is 18.6 Å². The number of aromatic nitrogens is 3. The zero-order valence-corrected chi connectivity index (χ0v) is 23.8. The molecular weight excluding hydrogens is 560 g/mol. The molecule has 39 heavy (non-hydrogen) atoms. The molecule has 2 aromatic rings. The summed E-state index contributed by atoms with van der Waals surface area (Å²) >= 11 is 12.2. The quantitative estimate of drug-likeness (QED) is 0.373. The highest BCUT2D eigenvalue weighted by Crippen LogP contribution is 2.47. The molecule has 2 heterocycles. The van der Waals surface area contributed by atoms with Crippen LogP contribution in [0.25, 0.3) is 0 Å². The Hall–Kier alpha value is -2.66. The molecule has 1 aliphatic carbocycles. The van der Waals surface area contributed by atoms with Gasteiger partial charge in [-0.15, -0.1) is 0 Å². The van der Waals surface area contributed by atoms with Gasteiger partial charge in [0.1, 0.15) is 0 Å². The molecule has 214 valence electrons. The fourth-order valence-electron chi connectivity index (χ4n) is 4.99. The van der Waals surface area contributed by atoms with Crippen LogP contribution < -0.4 is 0 Å². The van der Waals surface area contributed by atoms with E-state index in [0.29, 0.717) is 0 Å². The number of carbonyl (C=O) groups excluding carboxylic acids is 2. The van der Waals surface area contributed by atoms with Crippen LogP contribution in [0, 0.1) is 16.7 Å². The third kappa shape index (κ3) is 6.57. The normalized spacial score (nSPS) is 22.0. The highest BCUT2D eigenvalue weighted by atomic mass is 35.5. The SMILES string of the molecule is C[C@@H]1C[C@@H](n2ncc(C(=O)N(CC(=O)c3c(Cl)cncc3Cl)CC(C)(C)C)c2C(F)(F)F)CC[C@]1(C)C(=O)O. The summed E-state index contributed by atoms with van der Waals surface area (Å²) in [6.07, 6.45) is -1.20. The lowest BCUT2D eigenvalue weighted by atomic mass is 9.67. The van der Waals surface area contributed by atoms with Gasteiger partial charge in [0.25, 0.3) is 5.91 Å². The van der Waals surface area contributed by atoms with E-state index in [1.165, 1.54) is 12.4 Å². The van der Waals surface area contributed by atoms with E-state index in [0.717, 1.165) is 15.8 Å². The van der Waals surface area contributed by atoms with Crippen LogP contribution in [0.4, 0.5) is 13.2 Å². The van der Waals surface area contributed by atoms with E-state index < -0.39 is 64.4 Å². The summed E-state index contributed by atoms with van der Waals surface area (Å²) in [5.41, 5.74) is -3.64. The Morgan fingerprint density at radius 3 is 2.23 bits per heavy atom. The molecule has 1 N–H and O–H groups in total. The van der Waals surface area contributed by atoms with Gasteiger partial charge in [0.05, 0.1) is 45.4 Å². The van der Waals surface area contributed by atoms with Crippen molar-refractivity contribution in [3.8, 4) is 0 Å². The van der Waals surface area contributed by atoms with E-state index in [9.17, 15) is 32.7 Å². The average Bonchev–Trinajstić information content (AvgIpc) is 3.24. The first kappa shape index (κ1) is 30.9. The van der Waals surface area contributed by atoms with E-state index in [-0.39, 0.29) is 41.4 Å². The van der Waals surface area contributed by atoms with Gasteiger partial charge in [0, 0.05) is 18.9 Å². The largest absolute Gasteiger partial charge is 0.481 e. The molecule has 2 aromatic heterocycles. The summed E-state index contributed by atoms with van der Waals surface area (Å²) < 4.78 is 44.1. The third-order valence-electron chi connectivity index (χ3n) is 7.26. The van der Waals surface area contributed by atoms with Crippen LogP contribution in [-0.4, -0.2) is 55.5 Å². The Balaban J connectivity index is 2.01. The summed E-state index contributed by atoms with van der Waals surface area (Å²) in [6, 6.07) is -0.752. The van der Waals surface area contributed by atoms with Gasteiger partial charge in [-0.05, 0) is 37.5 Å². The molecule has 13 heteroatoms. The molecule has 1 saturated carbocycles. The number of aliphatic carboxylic acids is 1. The van der Waals surface area contributed by atoms with Crippen molar-refractivity contribution in [3.05, 3.63) is 45.5 Å². The van der Waals surface area contributed by atoms with E-state index in [2.05, 4.69) is 10.1 Å². The Labute approximate surface area is 234 Å². The predicted molar refractivity (Wildman–Crippen MR) is 139 cm³/mol. The number of rotatable bonds is 7. The summed E-state index contributed by atoms with van der Waals surface area (Å²) in [5, 5.41) is 13.5. The number of hydrogen-bond donors (Lipinski definition) is 1. The maximum atomic E-state index is 14.4. The van der Waals surface area contributed by atoms with Crippen molar-refractivity contribution in [2.45, 2.75) is 66.1 Å². The van der Waals surface area contributed by atoms with Gasteiger partial charge in [-0.25, -0.2) is 0 Å². The molecule has 1 aliphatic rings. The van der Waals surface area contributed by atoms with E-state index in [4.69, 9.17) is 23.2 Å². The molecule has 0 saturated heterocycles. The van der Waals surface area contributed by atoms with E-state index >= 15 is 0 Å². The predicted octanol–water partition coefficient (Wildman–Crippen LogP) is 6.43. The van der Waals surface area contributed by atoms with Crippen LogP contribution in [0.5, 0.6) is 0 Å². The molecule has 3 rings (SSSR count). The average molecular weight is 591 g/mol. The lowest BCUT2D eigenvalue weighted by Crippen LogP contribution is -2.42. The maximum absolute atomic E-state index is 14.4. The molecule has 0 aliphatic heterocycles. The number of carboxylic acid groups (broad SMARTS) is 1. The summed E-state index contributed by atoms with van der Waals surface area (Å²) in [7, 11) is 0. The topological polar surface area (TPSA) is 105 Å². The first-order valence-electron chi connectivity index (χ1n) is 12.4. The Morgan fingerprint density at radius 1 is 1.15 bits per heavy atom. The fraction of sp³-hybridized carbons (Fsp3) is 0.577. The zero-order chi connectivity index (χ0) is 29.5. The van der Waals surface area contributed by atoms with Crippen LogP contribution in [0.1, 0.15) is 86.3 Å². The fourth-order valence-corrected chi connectivity index (χ4v) is 5.56. The van der Waals surface area contributed by atoms with Crippen molar-refractivity contribution < 1.29 is 32.7 Å². The number of amides is 1. The van der Waals surface area contributed by atoms with E-state index in [1.807, 2.05) is 0 Å². The lowest BCUT2D eigenvalue weighted by molar-refractivity contribution is -0.155. The van der Waals surface area contributed by atoms with Gasteiger partial charge in [-0.3, -0.25) is 24.0 Å². The number of ketones is 1. The number of pyridine rings is 1. The highest BCUT2D eigenvalue weighted by molar-refractivity contribution is 6.39. The van der Waals surface area contributed by atoms with Crippen LogP contribution in [0.3, 0.4) is 0 Å². The number of nitrogens with zero attached hydrogens (tertiary/aromatic N) is 4. The van der Waals surface area contributed by atoms with Gasteiger partial charge < -0.3 is 10.0 Å². The maximum Gasteiger partial charge on any atom is 0.433 e. The van der Waals surface area contributed by atoms with Crippen molar-refractivity contribution in [1.29, 1.82) is 0 Å². The molecule has 0 radical (unpaired) electrons. The van der Waals surface area contributed by atoms with E-state index in [1.54, 1.807) is 34.6 Å². The second-order valence-corrected chi connectivity index (χ2v) is 12.3. The standard InChI is InChI=1S/C26H31Cl2F3N4O4/c1-14-8-15(6-7-25(14,5)23(38)39)35-21(26(29,30)31)16(9-33-35)22(37)34(13-24(2,3)4)12-19(36)20-17(27)10-32-11-18(20)28/h9-11,14-15H,6-8,12-13H2,1-5H3,(H,38,39)/t14-,15+,25+/m1/s1. The van der Waals surface area contributed by atoms with Crippen LogP contribution >= 0.6 is 23.2 Å². The van der Waals surface area contributed by atoms with Crippen molar-refractivity contribution in [2.75, 3.05) is 13.1 Å². The Kier molecular flexibility index (Phi) is 8.77. The summed E-state index contributed by atoms with van der Waals surface area (Å²) in [4.78, 5) is 43.4. The van der Waals surface area contributed by atoms with Crippen LogP contribution in [-0.2, 0) is 11.0 Å². The molecule has 0 spiro atoms. The molecule has 1 amide bonds. The smallest absolute Gasteiger partial charge is 0.433 e. The van der Waals surface area contributed by atoms with Gasteiger partial charge in [0.2, 0.25) is 0 Å².